The summed E-state index contributed by atoms with van der Waals surface area (Å²) in [5, 5.41) is 14.1. The van der Waals surface area contributed by atoms with E-state index in [2.05, 4.69) is 5.32 Å². The minimum Gasteiger partial charge on any atom is -0.311 e. The Morgan fingerprint density at radius 1 is 1.53 bits per heavy atom. The standard InChI is InChI=1S/C13H16N2O2/c1-10-4-5-11(9-13(10)15(16)17)3-2-8-14-12-6-7-12/h2-5,9,12,14H,6-8H2,1H3. The Morgan fingerprint density at radius 2 is 2.29 bits per heavy atom. The van der Waals surface area contributed by atoms with Crippen molar-refractivity contribution < 1.29 is 4.92 Å². The third-order valence-electron chi connectivity index (χ3n) is 2.84. The highest BCUT2D eigenvalue weighted by molar-refractivity contribution is 5.56. The summed E-state index contributed by atoms with van der Waals surface area (Å²) in [6, 6.07) is 5.98. The Labute approximate surface area is 100 Å². The van der Waals surface area contributed by atoms with Crippen LogP contribution in [0.15, 0.2) is 24.3 Å². The maximum absolute atomic E-state index is 10.8. The second-order valence-corrected chi connectivity index (χ2v) is 4.39. The van der Waals surface area contributed by atoms with Crippen LogP contribution in [0.1, 0.15) is 24.0 Å². The summed E-state index contributed by atoms with van der Waals surface area (Å²) >= 11 is 0. The molecular weight excluding hydrogens is 216 g/mol. The third kappa shape index (κ3) is 3.39. The van der Waals surface area contributed by atoms with E-state index >= 15 is 0 Å². The zero-order chi connectivity index (χ0) is 12.3. The molecule has 1 saturated carbocycles. The molecule has 0 aliphatic heterocycles. The molecule has 0 radical (unpaired) electrons. The molecule has 17 heavy (non-hydrogen) atoms. The van der Waals surface area contributed by atoms with Gasteiger partial charge in [0.05, 0.1) is 4.92 Å². The summed E-state index contributed by atoms with van der Waals surface area (Å²) in [5.41, 5.74) is 1.76. The van der Waals surface area contributed by atoms with Crippen molar-refractivity contribution in [3.63, 3.8) is 0 Å². The summed E-state index contributed by atoms with van der Waals surface area (Å²) in [5.74, 6) is 0. The van der Waals surface area contributed by atoms with Crippen molar-refractivity contribution in [3.8, 4) is 0 Å². The molecule has 1 N–H and O–H groups in total. The van der Waals surface area contributed by atoms with E-state index in [4.69, 9.17) is 0 Å². The zero-order valence-electron chi connectivity index (χ0n) is 9.85. The first-order valence-corrected chi connectivity index (χ1v) is 5.82. The van der Waals surface area contributed by atoms with Crippen LogP contribution >= 0.6 is 0 Å². The van der Waals surface area contributed by atoms with Crippen LogP contribution in [-0.2, 0) is 0 Å². The fourth-order valence-electron chi connectivity index (χ4n) is 1.64. The SMILES string of the molecule is Cc1ccc(C=CCNC2CC2)cc1[N+](=O)[O-]. The van der Waals surface area contributed by atoms with E-state index in [1.54, 1.807) is 19.1 Å². The molecule has 1 aromatic carbocycles. The van der Waals surface area contributed by atoms with Crippen molar-refractivity contribution in [2.45, 2.75) is 25.8 Å². The molecule has 1 aliphatic carbocycles. The maximum Gasteiger partial charge on any atom is 0.272 e. The lowest BCUT2D eigenvalue weighted by Gasteiger charge is -1.99. The largest absolute Gasteiger partial charge is 0.311 e. The summed E-state index contributed by atoms with van der Waals surface area (Å²) in [4.78, 5) is 10.4. The Hall–Kier alpha value is -1.68. The van der Waals surface area contributed by atoms with Crippen molar-refractivity contribution in [2.75, 3.05) is 6.54 Å². The molecule has 0 unspecified atom stereocenters. The average Bonchev–Trinajstić information content (AvgIpc) is 3.10. The van der Waals surface area contributed by atoms with Gasteiger partial charge in [-0.15, -0.1) is 0 Å². The van der Waals surface area contributed by atoms with Gasteiger partial charge in [0.15, 0.2) is 0 Å². The minimum absolute atomic E-state index is 0.183. The number of nitrogens with zero attached hydrogens (tertiary/aromatic N) is 1. The van der Waals surface area contributed by atoms with Gasteiger partial charge in [0.1, 0.15) is 0 Å². The fourth-order valence-corrected chi connectivity index (χ4v) is 1.64. The first-order valence-electron chi connectivity index (χ1n) is 5.82. The van der Waals surface area contributed by atoms with Gasteiger partial charge in [0.2, 0.25) is 0 Å². The number of benzene rings is 1. The van der Waals surface area contributed by atoms with E-state index in [0.29, 0.717) is 11.6 Å². The van der Waals surface area contributed by atoms with Gasteiger partial charge in [-0.1, -0.05) is 24.3 Å². The van der Waals surface area contributed by atoms with Crippen LogP contribution in [0, 0.1) is 17.0 Å². The van der Waals surface area contributed by atoms with Gasteiger partial charge in [-0.3, -0.25) is 10.1 Å². The highest BCUT2D eigenvalue weighted by Crippen LogP contribution is 2.20. The molecule has 1 aliphatic rings. The van der Waals surface area contributed by atoms with Crippen LogP contribution < -0.4 is 5.32 Å². The number of nitro groups is 1. The highest BCUT2D eigenvalue weighted by atomic mass is 16.6. The van der Waals surface area contributed by atoms with Gasteiger partial charge in [0.25, 0.3) is 5.69 Å². The second kappa shape index (κ2) is 5.10. The maximum atomic E-state index is 10.8. The van der Waals surface area contributed by atoms with E-state index in [-0.39, 0.29) is 10.6 Å². The summed E-state index contributed by atoms with van der Waals surface area (Å²) in [7, 11) is 0. The molecule has 0 saturated heterocycles. The zero-order valence-corrected chi connectivity index (χ0v) is 9.85. The first kappa shape index (κ1) is 11.8. The molecule has 0 atom stereocenters. The van der Waals surface area contributed by atoms with E-state index in [9.17, 15) is 10.1 Å². The molecular formula is C13H16N2O2. The number of rotatable bonds is 5. The topological polar surface area (TPSA) is 55.2 Å². The Morgan fingerprint density at radius 3 is 2.94 bits per heavy atom. The third-order valence-corrected chi connectivity index (χ3v) is 2.84. The highest BCUT2D eigenvalue weighted by Gasteiger charge is 2.18. The molecule has 4 nitrogen and oxygen atoms in total. The predicted octanol–water partition coefficient (Wildman–Crippen LogP) is 2.67. The Kier molecular flexibility index (Phi) is 3.54. The first-order chi connectivity index (χ1) is 8.16. The molecule has 0 bridgehead atoms. The van der Waals surface area contributed by atoms with Gasteiger partial charge in [-0.25, -0.2) is 0 Å². The number of hydrogen-bond donors (Lipinski definition) is 1. The van der Waals surface area contributed by atoms with Crippen molar-refractivity contribution in [2.24, 2.45) is 0 Å². The van der Waals surface area contributed by atoms with Crippen LogP contribution in [0.2, 0.25) is 0 Å². The van der Waals surface area contributed by atoms with Crippen LogP contribution in [0.25, 0.3) is 6.08 Å². The van der Waals surface area contributed by atoms with Gasteiger partial charge in [-0.2, -0.15) is 0 Å². The van der Waals surface area contributed by atoms with Crippen LogP contribution in [0.4, 0.5) is 5.69 Å². The number of nitrogens with one attached hydrogen (secondary N) is 1. The molecule has 0 heterocycles. The minimum atomic E-state index is -0.338. The fraction of sp³-hybridized carbons (Fsp3) is 0.385. The lowest BCUT2D eigenvalue weighted by molar-refractivity contribution is -0.385. The van der Waals surface area contributed by atoms with Crippen LogP contribution in [0.3, 0.4) is 0 Å². The quantitative estimate of drug-likeness (QED) is 0.627. The number of hydrogen-bond acceptors (Lipinski definition) is 3. The Balaban J connectivity index is 1.99. The van der Waals surface area contributed by atoms with Crippen molar-refractivity contribution in [3.05, 3.63) is 45.5 Å². The molecule has 0 spiro atoms. The molecule has 90 valence electrons. The summed E-state index contributed by atoms with van der Waals surface area (Å²) in [6.07, 6.45) is 6.46. The average molecular weight is 232 g/mol. The molecule has 2 rings (SSSR count). The van der Waals surface area contributed by atoms with Crippen LogP contribution in [-0.4, -0.2) is 17.5 Å². The van der Waals surface area contributed by atoms with E-state index in [0.717, 1.165) is 12.1 Å². The van der Waals surface area contributed by atoms with E-state index in [1.807, 2.05) is 18.2 Å². The molecule has 0 amide bonds. The normalized spacial score (nSPS) is 15.4. The summed E-state index contributed by atoms with van der Waals surface area (Å²) < 4.78 is 0. The van der Waals surface area contributed by atoms with E-state index < -0.39 is 0 Å². The van der Waals surface area contributed by atoms with E-state index in [1.165, 1.54) is 12.8 Å². The van der Waals surface area contributed by atoms with Gasteiger partial charge in [-0.05, 0) is 25.3 Å². The van der Waals surface area contributed by atoms with Gasteiger partial charge < -0.3 is 5.32 Å². The van der Waals surface area contributed by atoms with Crippen molar-refractivity contribution in [1.82, 2.24) is 5.32 Å². The summed E-state index contributed by atoms with van der Waals surface area (Å²) in [6.45, 7) is 2.58. The number of aryl methyl sites for hydroxylation is 1. The lowest BCUT2D eigenvalue weighted by atomic mass is 10.1. The Bertz CT molecular complexity index is 451. The van der Waals surface area contributed by atoms with Gasteiger partial charge in [0, 0.05) is 24.2 Å². The van der Waals surface area contributed by atoms with Gasteiger partial charge >= 0.3 is 0 Å². The molecule has 4 heteroatoms. The molecule has 1 aromatic rings. The molecule has 1 fully saturated rings. The van der Waals surface area contributed by atoms with Crippen molar-refractivity contribution in [1.29, 1.82) is 0 Å². The lowest BCUT2D eigenvalue weighted by Crippen LogP contribution is -2.15. The molecule has 0 aromatic heterocycles. The smallest absolute Gasteiger partial charge is 0.272 e. The van der Waals surface area contributed by atoms with Crippen molar-refractivity contribution >= 4 is 11.8 Å². The number of nitro benzene ring substituents is 1. The van der Waals surface area contributed by atoms with Crippen LogP contribution in [0.5, 0.6) is 0 Å². The second-order valence-electron chi connectivity index (χ2n) is 4.39. The monoisotopic (exact) mass is 232 g/mol. The predicted molar refractivity (Wildman–Crippen MR) is 67.9 cm³/mol.